The largest absolute Gasteiger partial charge is 0.462 e. The highest BCUT2D eigenvalue weighted by atomic mass is 16.6. The molecule has 0 heterocycles. The highest BCUT2D eigenvalue weighted by Gasteiger charge is 2.70. The Labute approximate surface area is 218 Å². The Morgan fingerprint density at radius 2 is 1.67 bits per heavy atom. The number of ketones is 1. The molecular weight excluding hydrogens is 452 g/mol. The first kappa shape index (κ1) is 27.6. The summed E-state index contributed by atoms with van der Waals surface area (Å²) in [6.07, 6.45) is 10.6. The summed E-state index contributed by atoms with van der Waals surface area (Å²) in [7, 11) is 0. The van der Waals surface area contributed by atoms with Gasteiger partial charge in [0, 0.05) is 32.1 Å². The first-order valence-electron chi connectivity index (χ1n) is 14.7. The minimum absolute atomic E-state index is 0.0657. The van der Waals surface area contributed by atoms with Crippen molar-refractivity contribution in [2.24, 2.45) is 46.3 Å². The van der Waals surface area contributed by atoms with Gasteiger partial charge in [0.1, 0.15) is 6.10 Å². The number of carbonyl (C=O) groups is 3. The summed E-state index contributed by atoms with van der Waals surface area (Å²) in [6, 6.07) is 0. The molecule has 4 aliphatic rings. The zero-order chi connectivity index (χ0) is 26.5. The van der Waals surface area contributed by atoms with Gasteiger partial charge in [-0.15, -0.1) is 0 Å². The zero-order valence-corrected chi connectivity index (χ0v) is 23.9. The highest BCUT2D eigenvalue weighted by Crippen LogP contribution is 2.69. The maximum atomic E-state index is 14.1. The highest BCUT2D eigenvalue weighted by molar-refractivity contribution is 5.92. The molecule has 5 nitrogen and oxygen atoms in total. The molecular formula is C31H50O5. The molecule has 0 aromatic rings. The molecule has 4 saturated carbocycles. The van der Waals surface area contributed by atoms with Crippen LogP contribution in [0.25, 0.3) is 0 Å². The van der Waals surface area contributed by atoms with Gasteiger partial charge in [0.15, 0.2) is 11.4 Å². The fraction of sp³-hybridized carbons (Fsp3) is 0.903. The smallest absolute Gasteiger partial charge is 0.303 e. The van der Waals surface area contributed by atoms with E-state index in [2.05, 4.69) is 34.6 Å². The van der Waals surface area contributed by atoms with Crippen molar-refractivity contribution in [1.82, 2.24) is 0 Å². The van der Waals surface area contributed by atoms with Gasteiger partial charge in [0.25, 0.3) is 0 Å². The maximum Gasteiger partial charge on any atom is 0.303 e. The van der Waals surface area contributed by atoms with Crippen LogP contribution in [-0.2, 0) is 23.9 Å². The van der Waals surface area contributed by atoms with Crippen LogP contribution in [0.1, 0.15) is 119 Å². The number of hydrogen-bond acceptors (Lipinski definition) is 5. The van der Waals surface area contributed by atoms with Gasteiger partial charge in [-0.25, -0.2) is 0 Å². The lowest BCUT2D eigenvalue weighted by molar-refractivity contribution is -0.230. The minimum atomic E-state index is -1.17. The number of ether oxygens (including phenoxy) is 2. The van der Waals surface area contributed by atoms with E-state index in [1.807, 2.05) is 0 Å². The molecule has 0 aromatic carbocycles. The van der Waals surface area contributed by atoms with Crippen molar-refractivity contribution in [2.75, 3.05) is 0 Å². The van der Waals surface area contributed by atoms with Crippen LogP contribution in [0.4, 0.5) is 0 Å². The number of hydrogen-bond donors (Lipinski definition) is 0. The second kappa shape index (κ2) is 10.1. The van der Waals surface area contributed by atoms with E-state index in [4.69, 9.17) is 9.47 Å². The van der Waals surface area contributed by atoms with Crippen LogP contribution in [0.2, 0.25) is 0 Å². The van der Waals surface area contributed by atoms with Crippen LogP contribution in [0.3, 0.4) is 0 Å². The Morgan fingerprint density at radius 1 is 0.944 bits per heavy atom. The topological polar surface area (TPSA) is 69.7 Å². The maximum absolute atomic E-state index is 14.1. The van der Waals surface area contributed by atoms with Crippen LogP contribution in [0, 0.1) is 46.3 Å². The lowest BCUT2D eigenvalue weighted by atomic mass is 9.42. The van der Waals surface area contributed by atoms with Crippen molar-refractivity contribution < 1.29 is 23.9 Å². The van der Waals surface area contributed by atoms with Crippen molar-refractivity contribution in [3.05, 3.63) is 0 Å². The summed E-state index contributed by atoms with van der Waals surface area (Å²) in [5.41, 5.74) is -1.28. The monoisotopic (exact) mass is 502 g/mol. The predicted octanol–water partition coefficient (Wildman–Crippen LogP) is 6.90. The zero-order valence-electron chi connectivity index (χ0n) is 23.9. The molecule has 0 amide bonds. The third-order valence-electron chi connectivity index (χ3n) is 11.4. The number of esters is 2. The molecule has 0 spiro atoms. The average molecular weight is 503 g/mol. The fourth-order valence-corrected chi connectivity index (χ4v) is 9.80. The third-order valence-corrected chi connectivity index (χ3v) is 11.4. The molecule has 4 fully saturated rings. The average Bonchev–Trinajstić information content (AvgIpc) is 3.12. The Morgan fingerprint density at radius 3 is 2.31 bits per heavy atom. The molecule has 0 bridgehead atoms. The van der Waals surface area contributed by atoms with Crippen LogP contribution in [0.5, 0.6) is 0 Å². The Bertz CT molecular complexity index is 865. The van der Waals surface area contributed by atoms with Gasteiger partial charge in [0.05, 0.1) is 0 Å². The molecule has 4 aliphatic carbocycles. The molecule has 0 aromatic heterocycles. The third kappa shape index (κ3) is 4.55. The summed E-state index contributed by atoms with van der Waals surface area (Å²) >= 11 is 0. The van der Waals surface area contributed by atoms with E-state index in [1.165, 1.54) is 52.4 Å². The second-order valence-electron chi connectivity index (χ2n) is 13.8. The lowest BCUT2D eigenvalue weighted by Crippen LogP contribution is -2.68. The van der Waals surface area contributed by atoms with E-state index in [0.29, 0.717) is 36.0 Å². The molecule has 0 saturated heterocycles. The summed E-state index contributed by atoms with van der Waals surface area (Å²) < 4.78 is 11.6. The number of carbonyl (C=O) groups excluding carboxylic acids is 3. The molecule has 204 valence electrons. The summed E-state index contributed by atoms with van der Waals surface area (Å²) in [5.74, 6) is 2.84. The van der Waals surface area contributed by atoms with E-state index < -0.39 is 17.0 Å². The standard InChI is InChI=1S/C31H50O5/c1-19(2)9-8-10-20(3)25-11-12-26-24-17-28(34)31(36-22(5)33)18-23(35-21(4)32)13-16-30(31,7)27(24)14-15-29(25,26)6/h19-20,23-27H,8-18H2,1-7H3/t20-,23+,24+,25-,26+,27+,29-,30-,31-/m1/s1. The first-order valence-corrected chi connectivity index (χ1v) is 14.7. The summed E-state index contributed by atoms with van der Waals surface area (Å²) in [4.78, 5) is 38.1. The van der Waals surface area contributed by atoms with Gasteiger partial charge in [-0.1, -0.05) is 53.9 Å². The van der Waals surface area contributed by atoms with Crippen molar-refractivity contribution in [3.8, 4) is 0 Å². The van der Waals surface area contributed by atoms with Gasteiger partial charge in [-0.2, -0.15) is 0 Å². The van der Waals surface area contributed by atoms with Crippen LogP contribution < -0.4 is 0 Å². The van der Waals surface area contributed by atoms with E-state index in [0.717, 1.165) is 37.0 Å². The van der Waals surface area contributed by atoms with Gasteiger partial charge in [-0.05, 0) is 79.4 Å². The number of rotatable bonds is 7. The number of fused-ring (bicyclic) bond motifs is 5. The van der Waals surface area contributed by atoms with Crippen LogP contribution in [0.15, 0.2) is 0 Å². The van der Waals surface area contributed by atoms with Gasteiger partial charge in [0.2, 0.25) is 0 Å². The van der Waals surface area contributed by atoms with E-state index >= 15 is 0 Å². The molecule has 36 heavy (non-hydrogen) atoms. The van der Waals surface area contributed by atoms with Gasteiger partial charge >= 0.3 is 11.9 Å². The van der Waals surface area contributed by atoms with Crippen molar-refractivity contribution in [2.45, 2.75) is 131 Å². The SMILES string of the molecule is CC(=O)O[C@H]1CC[C@]2(C)[C@H]3CC[C@]4(C)[C@@H]([C@H](C)CCCC(C)C)CC[C@H]4[C@@H]3CC(=O)[C@]2(OC(C)=O)C1. The van der Waals surface area contributed by atoms with Gasteiger partial charge in [-0.3, -0.25) is 14.4 Å². The normalized spacial score (nSPS) is 42.8. The van der Waals surface area contributed by atoms with Crippen LogP contribution in [-0.4, -0.2) is 29.4 Å². The molecule has 9 atom stereocenters. The molecule has 5 heteroatoms. The van der Waals surface area contributed by atoms with E-state index in [-0.39, 0.29) is 17.9 Å². The summed E-state index contributed by atoms with van der Waals surface area (Å²) in [5, 5.41) is 0. The quantitative estimate of drug-likeness (QED) is 0.354. The minimum Gasteiger partial charge on any atom is -0.462 e. The van der Waals surface area contributed by atoms with E-state index in [9.17, 15) is 14.4 Å². The molecule has 0 unspecified atom stereocenters. The number of Topliss-reactive ketones (excluding diaryl/α,β-unsaturated/α-hetero) is 1. The van der Waals surface area contributed by atoms with Crippen molar-refractivity contribution >= 4 is 17.7 Å². The summed E-state index contributed by atoms with van der Waals surface area (Å²) in [6.45, 7) is 14.7. The molecule has 0 N–H and O–H groups in total. The Hall–Kier alpha value is -1.39. The van der Waals surface area contributed by atoms with Crippen molar-refractivity contribution in [1.29, 1.82) is 0 Å². The Kier molecular flexibility index (Phi) is 7.72. The van der Waals surface area contributed by atoms with Crippen molar-refractivity contribution in [3.63, 3.8) is 0 Å². The second-order valence-corrected chi connectivity index (χ2v) is 13.8. The molecule has 4 rings (SSSR count). The molecule has 0 radical (unpaired) electrons. The molecule has 0 aliphatic heterocycles. The predicted molar refractivity (Wildman–Crippen MR) is 140 cm³/mol. The van der Waals surface area contributed by atoms with Crippen LogP contribution >= 0.6 is 0 Å². The van der Waals surface area contributed by atoms with E-state index in [1.54, 1.807) is 0 Å². The lowest BCUT2D eigenvalue weighted by Gasteiger charge is -2.63. The first-order chi connectivity index (χ1) is 16.8. The fourth-order valence-electron chi connectivity index (χ4n) is 9.80. The van der Waals surface area contributed by atoms with Gasteiger partial charge < -0.3 is 9.47 Å². The Balaban J connectivity index is 1.59.